The highest BCUT2D eigenvalue weighted by Crippen LogP contribution is 2.30. The van der Waals surface area contributed by atoms with E-state index in [4.69, 9.17) is 9.47 Å². The number of para-hydroxylation sites is 1. The second-order valence-electron chi connectivity index (χ2n) is 8.20. The molecule has 1 saturated heterocycles. The summed E-state index contributed by atoms with van der Waals surface area (Å²) in [6, 6.07) is 27.6. The number of piperazine rings is 1. The average molecular weight is 468 g/mol. The van der Waals surface area contributed by atoms with E-state index in [1.807, 2.05) is 73.7 Å². The molecule has 1 amide bonds. The maximum Gasteiger partial charge on any atom is 0.264 e. The number of carbonyl (C=O) groups is 1. The average Bonchev–Trinajstić information content (AvgIpc) is 2.92. The summed E-state index contributed by atoms with van der Waals surface area (Å²) in [6.07, 6.45) is 1.62. The number of nitriles is 1. The van der Waals surface area contributed by atoms with Crippen LogP contribution in [0.3, 0.4) is 0 Å². The van der Waals surface area contributed by atoms with Crippen LogP contribution in [0, 0.1) is 11.3 Å². The van der Waals surface area contributed by atoms with Gasteiger partial charge in [-0.1, -0.05) is 54.6 Å². The van der Waals surface area contributed by atoms with Crippen LogP contribution in [0.5, 0.6) is 11.5 Å². The van der Waals surface area contributed by atoms with Crippen LogP contribution in [0.2, 0.25) is 0 Å². The molecule has 4 rings (SSSR count). The minimum absolute atomic E-state index is 0.110. The van der Waals surface area contributed by atoms with Gasteiger partial charge in [-0.3, -0.25) is 4.79 Å². The summed E-state index contributed by atoms with van der Waals surface area (Å²) >= 11 is 0. The summed E-state index contributed by atoms with van der Waals surface area (Å²) in [4.78, 5) is 17.1. The van der Waals surface area contributed by atoms with E-state index in [9.17, 15) is 10.1 Å². The van der Waals surface area contributed by atoms with E-state index in [0.717, 1.165) is 24.3 Å². The van der Waals surface area contributed by atoms with Crippen LogP contribution >= 0.6 is 0 Å². The van der Waals surface area contributed by atoms with Crippen molar-refractivity contribution in [3.63, 3.8) is 0 Å². The fraction of sp³-hybridized carbons (Fsp3) is 0.241. The van der Waals surface area contributed by atoms with Gasteiger partial charge in [-0.15, -0.1) is 0 Å². The van der Waals surface area contributed by atoms with Crippen molar-refractivity contribution in [3.05, 3.63) is 95.6 Å². The van der Waals surface area contributed by atoms with Gasteiger partial charge in [-0.2, -0.15) is 5.26 Å². The Morgan fingerprint density at radius 1 is 0.914 bits per heavy atom. The molecule has 0 atom stereocenters. The normalized spacial score (nSPS) is 13.8. The Balaban J connectivity index is 1.44. The zero-order chi connectivity index (χ0) is 24.5. The van der Waals surface area contributed by atoms with E-state index in [0.29, 0.717) is 43.4 Å². The van der Waals surface area contributed by atoms with Crippen LogP contribution in [-0.2, 0) is 11.4 Å². The molecule has 35 heavy (non-hydrogen) atoms. The molecule has 1 aliphatic heterocycles. The molecule has 178 valence electrons. The Hall–Kier alpha value is -4.24. The summed E-state index contributed by atoms with van der Waals surface area (Å²) in [5.74, 6) is 0.954. The Morgan fingerprint density at radius 2 is 1.60 bits per heavy atom. The SMILES string of the molecule is CCOc1cc(/C=C(/C#N)C(=O)N2CCN(c3ccccc3)CC2)ccc1OCc1ccccc1. The molecule has 0 saturated carbocycles. The van der Waals surface area contributed by atoms with Crippen LogP contribution < -0.4 is 14.4 Å². The monoisotopic (exact) mass is 467 g/mol. The van der Waals surface area contributed by atoms with Gasteiger partial charge in [-0.05, 0) is 48.4 Å². The van der Waals surface area contributed by atoms with Crippen LogP contribution in [-0.4, -0.2) is 43.6 Å². The quantitative estimate of drug-likeness (QED) is 0.348. The van der Waals surface area contributed by atoms with Gasteiger partial charge in [0.25, 0.3) is 5.91 Å². The molecule has 0 spiro atoms. The molecule has 0 radical (unpaired) electrons. The lowest BCUT2D eigenvalue weighted by molar-refractivity contribution is -0.126. The lowest BCUT2D eigenvalue weighted by atomic mass is 10.1. The zero-order valence-electron chi connectivity index (χ0n) is 19.9. The van der Waals surface area contributed by atoms with Gasteiger partial charge < -0.3 is 19.3 Å². The van der Waals surface area contributed by atoms with Crippen molar-refractivity contribution in [1.29, 1.82) is 5.26 Å². The van der Waals surface area contributed by atoms with E-state index in [2.05, 4.69) is 23.1 Å². The van der Waals surface area contributed by atoms with E-state index in [1.165, 1.54) is 0 Å². The molecular formula is C29H29N3O3. The fourth-order valence-corrected chi connectivity index (χ4v) is 4.02. The summed E-state index contributed by atoms with van der Waals surface area (Å²) in [5, 5.41) is 9.72. The van der Waals surface area contributed by atoms with Crippen molar-refractivity contribution in [1.82, 2.24) is 4.90 Å². The molecule has 6 nitrogen and oxygen atoms in total. The summed E-state index contributed by atoms with van der Waals surface area (Å²) in [7, 11) is 0. The van der Waals surface area contributed by atoms with E-state index in [1.54, 1.807) is 11.0 Å². The van der Waals surface area contributed by atoms with Gasteiger partial charge in [0.05, 0.1) is 6.61 Å². The summed E-state index contributed by atoms with van der Waals surface area (Å²) in [5.41, 5.74) is 3.03. The van der Waals surface area contributed by atoms with Crippen molar-refractivity contribution < 1.29 is 14.3 Å². The van der Waals surface area contributed by atoms with E-state index >= 15 is 0 Å². The minimum Gasteiger partial charge on any atom is -0.490 e. The maximum absolute atomic E-state index is 13.1. The third-order valence-corrected chi connectivity index (χ3v) is 5.85. The van der Waals surface area contributed by atoms with Crippen molar-refractivity contribution in [3.8, 4) is 17.6 Å². The highest BCUT2D eigenvalue weighted by atomic mass is 16.5. The lowest BCUT2D eigenvalue weighted by Crippen LogP contribution is -2.49. The third kappa shape index (κ3) is 6.21. The summed E-state index contributed by atoms with van der Waals surface area (Å²) in [6.45, 7) is 5.42. The first-order chi connectivity index (χ1) is 17.2. The second-order valence-corrected chi connectivity index (χ2v) is 8.20. The molecule has 0 unspecified atom stereocenters. The number of hydrogen-bond acceptors (Lipinski definition) is 5. The van der Waals surface area contributed by atoms with Gasteiger partial charge in [0.2, 0.25) is 0 Å². The number of anilines is 1. The predicted molar refractivity (Wildman–Crippen MR) is 137 cm³/mol. The summed E-state index contributed by atoms with van der Waals surface area (Å²) < 4.78 is 11.7. The molecule has 1 heterocycles. The first-order valence-electron chi connectivity index (χ1n) is 11.8. The number of ether oxygens (including phenoxy) is 2. The van der Waals surface area contributed by atoms with Crippen molar-refractivity contribution in [2.45, 2.75) is 13.5 Å². The molecule has 6 heteroatoms. The zero-order valence-corrected chi connectivity index (χ0v) is 19.9. The number of benzene rings is 3. The van der Waals surface area contributed by atoms with E-state index in [-0.39, 0.29) is 11.5 Å². The molecule has 1 aliphatic rings. The molecule has 0 N–H and O–H groups in total. The van der Waals surface area contributed by atoms with Crippen molar-refractivity contribution in [2.75, 3.05) is 37.7 Å². The number of nitrogens with zero attached hydrogens (tertiary/aromatic N) is 3. The molecule has 0 aliphatic carbocycles. The predicted octanol–water partition coefficient (Wildman–Crippen LogP) is 4.92. The minimum atomic E-state index is -0.248. The topological polar surface area (TPSA) is 65.8 Å². The molecular weight excluding hydrogens is 438 g/mol. The van der Waals surface area contributed by atoms with Gasteiger partial charge >= 0.3 is 0 Å². The Morgan fingerprint density at radius 3 is 2.26 bits per heavy atom. The number of rotatable bonds is 8. The highest BCUT2D eigenvalue weighted by molar-refractivity contribution is 6.01. The largest absolute Gasteiger partial charge is 0.490 e. The number of hydrogen-bond donors (Lipinski definition) is 0. The van der Waals surface area contributed by atoms with Crippen molar-refractivity contribution >= 4 is 17.7 Å². The van der Waals surface area contributed by atoms with Crippen LogP contribution in [0.15, 0.2) is 84.4 Å². The van der Waals surface area contributed by atoms with Gasteiger partial charge in [0.1, 0.15) is 18.2 Å². The Bertz CT molecular complexity index is 1190. The Kier molecular flexibility index (Phi) is 8.03. The number of amides is 1. The molecule has 3 aromatic carbocycles. The van der Waals surface area contributed by atoms with E-state index < -0.39 is 0 Å². The van der Waals surface area contributed by atoms with Crippen molar-refractivity contribution in [2.24, 2.45) is 0 Å². The maximum atomic E-state index is 13.1. The molecule has 0 bridgehead atoms. The smallest absolute Gasteiger partial charge is 0.264 e. The Labute approximate surface area is 206 Å². The van der Waals surface area contributed by atoms with Gasteiger partial charge in [0.15, 0.2) is 11.5 Å². The highest BCUT2D eigenvalue weighted by Gasteiger charge is 2.24. The number of carbonyl (C=O) groups excluding carboxylic acids is 1. The third-order valence-electron chi connectivity index (χ3n) is 5.85. The van der Waals surface area contributed by atoms with Crippen LogP contribution in [0.4, 0.5) is 5.69 Å². The standard InChI is InChI=1S/C29H29N3O3/c1-2-34-28-20-24(13-14-27(28)35-22-23-9-5-3-6-10-23)19-25(21-30)29(33)32-17-15-31(16-18-32)26-11-7-4-8-12-26/h3-14,19-20H,2,15-18,22H2,1H3/b25-19-. The second kappa shape index (κ2) is 11.8. The van der Waals surface area contributed by atoms with Gasteiger partial charge in [-0.25, -0.2) is 0 Å². The molecule has 0 aromatic heterocycles. The first-order valence-corrected chi connectivity index (χ1v) is 11.8. The first kappa shape index (κ1) is 23.9. The van der Waals surface area contributed by atoms with Crippen LogP contribution in [0.1, 0.15) is 18.1 Å². The van der Waals surface area contributed by atoms with Gasteiger partial charge in [0, 0.05) is 31.9 Å². The van der Waals surface area contributed by atoms with Crippen LogP contribution in [0.25, 0.3) is 6.08 Å². The molecule has 3 aromatic rings. The fourth-order valence-electron chi connectivity index (χ4n) is 4.02. The lowest BCUT2D eigenvalue weighted by Gasteiger charge is -2.36. The molecule has 1 fully saturated rings.